The lowest BCUT2D eigenvalue weighted by molar-refractivity contribution is 0.154. The van der Waals surface area contributed by atoms with Gasteiger partial charge in [0, 0.05) is 58.4 Å². The van der Waals surface area contributed by atoms with E-state index in [1.54, 1.807) is 0 Å². The highest BCUT2D eigenvalue weighted by Crippen LogP contribution is 2.28. The molecule has 1 aromatic heterocycles. The molecule has 1 atom stereocenters. The molecule has 2 aromatic rings. The smallest absolute Gasteiger partial charge is 0.229 e. The number of piperazine rings is 1. The first-order valence-corrected chi connectivity index (χ1v) is 12.9. The molecule has 0 radical (unpaired) electrons. The molecule has 178 valence electrons. The first-order valence-electron chi connectivity index (χ1n) is 12.9. The van der Waals surface area contributed by atoms with Gasteiger partial charge >= 0.3 is 0 Å². The predicted molar refractivity (Wildman–Crippen MR) is 134 cm³/mol. The van der Waals surface area contributed by atoms with Crippen molar-refractivity contribution in [2.75, 3.05) is 73.6 Å². The zero-order valence-corrected chi connectivity index (χ0v) is 19.8. The van der Waals surface area contributed by atoms with Crippen LogP contribution < -0.4 is 14.7 Å². The first-order chi connectivity index (χ1) is 16.3. The van der Waals surface area contributed by atoms with Crippen LogP contribution in [0.3, 0.4) is 0 Å². The predicted octanol–water partition coefficient (Wildman–Crippen LogP) is 3.31. The third-order valence-electron chi connectivity index (χ3n) is 7.34. The van der Waals surface area contributed by atoms with Crippen molar-refractivity contribution in [2.24, 2.45) is 0 Å². The Bertz CT molecular complexity index is 839. The lowest BCUT2D eigenvalue weighted by atomic mass is 10.0. The summed E-state index contributed by atoms with van der Waals surface area (Å²) >= 11 is 0. The zero-order valence-electron chi connectivity index (χ0n) is 19.8. The molecule has 3 fully saturated rings. The maximum absolute atomic E-state index is 10.4. The lowest BCUT2D eigenvalue weighted by Gasteiger charge is -2.36. The molecular formula is C26H38N6O. The zero-order chi connectivity index (χ0) is 22.5. The molecule has 1 aromatic carbocycles. The maximum atomic E-state index is 10.4. The average molecular weight is 451 g/mol. The quantitative estimate of drug-likeness (QED) is 0.662. The fraction of sp³-hybridized carbons (Fsp3) is 0.615. The van der Waals surface area contributed by atoms with Crippen LogP contribution in [0, 0.1) is 0 Å². The van der Waals surface area contributed by atoms with E-state index in [2.05, 4.69) is 25.7 Å². The molecule has 33 heavy (non-hydrogen) atoms. The van der Waals surface area contributed by atoms with Crippen molar-refractivity contribution in [1.29, 1.82) is 0 Å². The number of hydrogen-bond acceptors (Lipinski definition) is 7. The number of aromatic nitrogens is 2. The van der Waals surface area contributed by atoms with Gasteiger partial charge in [0.05, 0.1) is 6.10 Å². The maximum Gasteiger partial charge on any atom is 0.229 e. The molecule has 1 unspecified atom stereocenters. The van der Waals surface area contributed by atoms with Crippen LogP contribution in [0.15, 0.2) is 36.4 Å². The van der Waals surface area contributed by atoms with Gasteiger partial charge in [-0.3, -0.25) is 4.90 Å². The van der Waals surface area contributed by atoms with Gasteiger partial charge in [-0.25, -0.2) is 0 Å². The van der Waals surface area contributed by atoms with Crippen LogP contribution in [-0.4, -0.2) is 78.9 Å². The minimum absolute atomic E-state index is 0.360. The Balaban J connectivity index is 1.17. The highest BCUT2D eigenvalue weighted by Gasteiger charge is 2.24. The van der Waals surface area contributed by atoms with Crippen molar-refractivity contribution >= 4 is 17.6 Å². The second-order valence-corrected chi connectivity index (χ2v) is 9.67. The Kier molecular flexibility index (Phi) is 7.27. The van der Waals surface area contributed by atoms with Gasteiger partial charge in [0.25, 0.3) is 0 Å². The fourth-order valence-corrected chi connectivity index (χ4v) is 5.29. The monoisotopic (exact) mass is 450 g/mol. The van der Waals surface area contributed by atoms with E-state index < -0.39 is 0 Å². The third-order valence-corrected chi connectivity index (χ3v) is 7.34. The molecule has 7 nitrogen and oxygen atoms in total. The summed E-state index contributed by atoms with van der Waals surface area (Å²) in [7, 11) is 0. The summed E-state index contributed by atoms with van der Waals surface area (Å²) in [6, 6.07) is 12.2. The lowest BCUT2D eigenvalue weighted by Crippen LogP contribution is -2.47. The van der Waals surface area contributed by atoms with Crippen molar-refractivity contribution in [3.05, 3.63) is 42.0 Å². The average Bonchev–Trinajstić information content (AvgIpc) is 3.60. The summed E-state index contributed by atoms with van der Waals surface area (Å²) in [5, 5.41) is 10.4. The summed E-state index contributed by atoms with van der Waals surface area (Å²) in [5.41, 5.74) is 1.02. The van der Waals surface area contributed by atoms with Gasteiger partial charge in [-0.05, 0) is 50.6 Å². The molecule has 0 spiro atoms. The van der Waals surface area contributed by atoms with E-state index in [1.165, 1.54) is 25.7 Å². The molecule has 4 heterocycles. The second kappa shape index (κ2) is 10.7. The second-order valence-electron chi connectivity index (χ2n) is 9.67. The van der Waals surface area contributed by atoms with Gasteiger partial charge < -0.3 is 19.8 Å². The highest BCUT2D eigenvalue weighted by molar-refractivity contribution is 5.56. The molecule has 5 rings (SSSR count). The molecule has 0 bridgehead atoms. The van der Waals surface area contributed by atoms with Crippen LogP contribution in [-0.2, 0) is 0 Å². The van der Waals surface area contributed by atoms with Gasteiger partial charge in [0.2, 0.25) is 5.95 Å². The number of nitrogens with zero attached hydrogens (tertiary/aromatic N) is 6. The van der Waals surface area contributed by atoms with Gasteiger partial charge in [-0.1, -0.05) is 30.3 Å². The van der Waals surface area contributed by atoms with Crippen molar-refractivity contribution in [2.45, 2.75) is 44.6 Å². The van der Waals surface area contributed by atoms with Gasteiger partial charge in [-0.15, -0.1) is 0 Å². The highest BCUT2D eigenvalue weighted by atomic mass is 16.3. The Labute approximate surface area is 198 Å². The van der Waals surface area contributed by atoms with Crippen LogP contribution in [0.25, 0.3) is 0 Å². The Hall–Kier alpha value is -2.38. The topological polar surface area (TPSA) is 59.0 Å². The van der Waals surface area contributed by atoms with Crippen LogP contribution in [0.4, 0.5) is 17.6 Å². The molecule has 0 saturated carbocycles. The van der Waals surface area contributed by atoms with Crippen LogP contribution in [0.1, 0.15) is 50.2 Å². The van der Waals surface area contributed by atoms with E-state index >= 15 is 0 Å². The first kappa shape index (κ1) is 22.4. The number of anilines is 3. The van der Waals surface area contributed by atoms with E-state index in [1.807, 2.05) is 30.3 Å². The summed E-state index contributed by atoms with van der Waals surface area (Å²) in [6.45, 7) is 9.49. The SMILES string of the molecule is OC(CCCN1CCN(c2cc(N3CCCC3)nc(N3CCCC3)n2)CC1)c1ccccc1. The minimum Gasteiger partial charge on any atom is -0.388 e. The van der Waals surface area contributed by atoms with E-state index in [0.717, 1.165) is 94.9 Å². The van der Waals surface area contributed by atoms with Crippen LogP contribution in [0.2, 0.25) is 0 Å². The van der Waals surface area contributed by atoms with Crippen LogP contribution >= 0.6 is 0 Å². The molecular weight excluding hydrogens is 412 g/mol. The van der Waals surface area contributed by atoms with Gasteiger partial charge in [0.1, 0.15) is 11.6 Å². The van der Waals surface area contributed by atoms with Crippen molar-refractivity contribution in [3.63, 3.8) is 0 Å². The standard InChI is InChI=1S/C26H38N6O/c33-23(22-9-2-1-3-10-22)11-8-12-29-17-19-31(20-18-29)25-21-24(30-13-4-5-14-30)27-26(28-25)32-15-6-7-16-32/h1-3,9-10,21,23,33H,4-8,11-20H2. The molecule has 0 amide bonds. The number of benzene rings is 1. The van der Waals surface area contributed by atoms with Crippen molar-refractivity contribution in [3.8, 4) is 0 Å². The molecule has 3 saturated heterocycles. The van der Waals surface area contributed by atoms with Crippen molar-refractivity contribution < 1.29 is 5.11 Å². The van der Waals surface area contributed by atoms with E-state index in [4.69, 9.17) is 9.97 Å². The number of aliphatic hydroxyl groups is 1. The number of rotatable bonds is 8. The number of aliphatic hydroxyl groups excluding tert-OH is 1. The Morgan fingerprint density at radius 2 is 1.30 bits per heavy atom. The number of hydrogen-bond donors (Lipinski definition) is 1. The summed E-state index contributed by atoms with van der Waals surface area (Å²) in [6.07, 6.45) is 6.47. The van der Waals surface area contributed by atoms with Gasteiger partial charge in [0.15, 0.2) is 0 Å². The summed E-state index contributed by atoms with van der Waals surface area (Å²) in [5.74, 6) is 3.12. The van der Waals surface area contributed by atoms with Crippen molar-refractivity contribution in [1.82, 2.24) is 14.9 Å². The van der Waals surface area contributed by atoms with E-state index in [-0.39, 0.29) is 6.10 Å². The van der Waals surface area contributed by atoms with Crippen LogP contribution in [0.5, 0.6) is 0 Å². The molecule has 3 aliphatic rings. The Morgan fingerprint density at radius 1 is 0.727 bits per heavy atom. The summed E-state index contributed by atoms with van der Waals surface area (Å²) in [4.78, 5) is 19.7. The van der Waals surface area contributed by atoms with E-state index in [9.17, 15) is 5.11 Å². The minimum atomic E-state index is -0.360. The van der Waals surface area contributed by atoms with E-state index in [0.29, 0.717) is 0 Å². The third kappa shape index (κ3) is 5.58. The molecule has 7 heteroatoms. The largest absolute Gasteiger partial charge is 0.388 e. The Morgan fingerprint density at radius 3 is 1.94 bits per heavy atom. The molecule has 1 N–H and O–H groups in total. The normalized spacial score (nSPS) is 20.6. The summed E-state index contributed by atoms with van der Waals surface area (Å²) < 4.78 is 0. The fourth-order valence-electron chi connectivity index (χ4n) is 5.29. The molecule has 3 aliphatic heterocycles. The molecule has 0 aliphatic carbocycles. The van der Waals surface area contributed by atoms with Gasteiger partial charge in [-0.2, -0.15) is 9.97 Å².